The van der Waals surface area contributed by atoms with Gasteiger partial charge in [0.1, 0.15) is 0 Å². The first-order chi connectivity index (χ1) is 3.85. The lowest BCUT2D eigenvalue weighted by Gasteiger charge is -1.90. The summed E-state index contributed by atoms with van der Waals surface area (Å²) >= 11 is 0. The number of hydrogen-bond acceptors (Lipinski definition) is 3. The van der Waals surface area contributed by atoms with Gasteiger partial charge < -0.3 is 5.32 Å². The lowest BCUT2D eigenvalue weighted by molar-refractivity contribution is 0.924. The second kappa shape index (κ2) is 4.30. The summed E-state index contributed by atoms with van der Waals surface area (Å²) in [7, 11) is 1.79. The van der Waals surface area contributed by atoms with Crippen molar-refractivity contribution in [2.45, 2.75) is 13.3 Å². The van der Waals surface area contributed by atoms with Gasteiger partial charge >= 0.3 is 0 Å². The predicted octanol–water partition coefficient (Wildman–Crippen LogP) is 1.49. The zero-order valence-electron chi connectivity index (χ0n) is 5.23. The molecule has 0 aliphatic carbocycles. The number of nitrogens with one attached hydrogen (secondary N) is 2. The highest BCUT2D eigenvalue weighted by Gasteiger charge is 1.83. The van der Waals surface area contributed by atoms with Crippen molar-refractivity contribution in [3.63, 3.8) is 0 Å². The summed E-state index contributed by atoms with van der Waals surface area (Å²) in [5, 5.41) is 6.04. The van der Waals surface area contributed by atoms with Crippen LogP contribution in [0.4, 0.5) is 0 Å². The molecule has 0 saturated carbocycles. The molecule has 0 bridgehead atoms. The van der Waals surface area contributed by atoms with Gasteiger partial charge in [-0.05, 0) is 6.42 Å². The van der Waals surface area contributed by atoms with Crippen molar-refractivity contribution in [2.24, 2.45) is 5.11 Å². The molecule has 0 spiro atoms. The molecule has 0 aliphatic heterocycles. The van der Waals surface area contributed by atoms with E-state index in [-0.39, 0.29) is 0 Å². The van der Waals surface area contributed by atoms with Crippen molar-refractivity contribution in [1.29, 1.82) is 5.53 Å². The maximum atomic E-state index is 6.58. The van der Waals surface area contributed by atoms with Gasteiger partial charge in [-0.1, -0.05) is 6.92 Å². The molecule has 0 saturated heterocycles. The second-order valence-corrected chi connectivity index (χ2v) is 1.39. The monoisotopic (exact) mass is 113 g/mol. The Bertz CT molecular complexity index is 95.8. The van der Waals surface area contributed by atoms with Gasteiger partial charge in [-0.25, -0.2) is 5.53 Å². The molecular formula is C5H11N3. The molecule has 0 heterocycles. The molecular weight excluding hydrogens is 102 g/mol. The summed E-state index contributed by atoms with van der Waals surface area (Å²) in [5.41, 5.74) is 7.35. The van der Waals surface area contributed by atoms with E-state index in [2.05, 4.69) is 10.4 Å². The number of rotatable bonds is 3. The number of nitrogens with zero attached hydrogens (tertiary/aromatic N) is 1. The minimum atomic E-state index is 0.771. The van der Waals surface area contributed by atoms with Gasteiger partial charge in [0.2, 0.25) is 0 Å². The average Bonchev–Trinajstić information content (AvgIpc) is 1.83. The molecule has 8 heavy (non-hydrogen) atoms. The molecule has 0 unspecified atom stereocenters. The Balaban J connectivity index is 3.66. The van der Waals surface area contributed by atoms with Crippen LogP contribution in [0.1, 0.15) is 13.3 Å². The molecule has 0 rings (SSSR count). The SMILES string of the molecule is CC/C(=C/NC)N=N. The Morgan fingerprint density at radius 3 is 2.62 bits per heavy atom. The van der Waals surface area contributed by atoms with Crippen molar-refractivity contribution in [3.8, 4) is 0 Å². The third-order valence-electron chi connectivity index (χ3n) is 0.817. The topological polar surface area (TPSA) is 48.2 Å². The average molecular weight is 113 g/mol. The first-order valence-corrected chi connectivity index (χ1v) is 2.59. The van der Waals surface area contributed by atoms with Crippen LogP contribution >= 0.6 is 0 Å². The molecule has 0 fully saturated rings. The molecule has 0 aromatic rings. The second-order valence-electron chi connectivity index (χ2n) is 1.39. The van der Waals surface area contributed by atoms with E-state index in [4.69, 9.17) is 5.53 Å². The van der Waals surface area contributed by atoms with Crippen molar-refractivity contribution >= 4 is 0 Å². The van der Waals surface area contributed by atoms with Crippen molar-refractivity contribution in [1.82, 2.24) is 5.32 Å². The van der Waals surface area contributed by atoms with Gasteiger partial charge in [0.15, 0.2) is 0 Å². The van der Waals surface area contributed by atoms with Crippen LogP contribution in [0.2, 0.25) is 0 Å². The zero-order chi connectivity index (χ0) is 6.41. The van der Waals surface area contributed by atoms with E-state index in [0.29, 0.717) is 0 Å². The predicted molar refractivity (Wildman–Crippen MR) is 32.6 cm³/mol. The Kier molecular flexibility index (Phi) is 3.84. The Hall–Kier alpha value is -0.860. The zero-order valence-corrected chi connectivity index (χ0v) is 5.23. The van der Waals surface area contributed by atoms with Crippen molar-refractivity contribution in [2.75, 3.05) is 7.05 Å². The lowest BCUT2D eigenvalue weighted by Crippen LogP contribution is -1.93. The fraction of sp³-hybridized carbons (Fsp3) is 0.600. The van der Waals surface area contributed by atoms with Gasteiger partial charge in [0.05, 0.1) is 5.70 Å². The molecule has 46 valence electrons. The van der Waals surface area contributed by atoms with Crippen molar-refractivity contribution in [3.05, 3.63) is 11.9 Å². The van der Waals surface area contributed by atoms with Gasteiger partial charge in [-0.3, -0.25) is 0 Å². The summed E-state index contributed by atoms with van der Waals surface area (Å²) in [6, 6.07) is 0. The smallest absolute Gasteiger partial charge is 0.0776 e. The Morgan fingerprint density at radius 1 is 1.88 bits per heavy atom. The van der Waals surface area contributed by atoms with Gasteiger partial charge in [0.25, 0.3) is 0 Å². The van der Waals surface area contributed by atoms with E-state index in [9.17, 15) is 0 Å². The highest BCUT2D eigenvalue weighted by Crippen LogP contribution is 1.97. The summed E-state index contributed by atoms with van der Waals surface area (Å²) in [4.78, 5) is 0. The molecule has 0 atom stereocenters. The van der Waals surface area contributed by atoms with E-state index in [1.54, 1.807) is 13.2 Å². The molecule has 0 radical (unpaired) electrons. The highest BCUT2D eigenvalue weighted by atomic mass is 15.0. The van der Waals surface area contributed by atoms with Crippen LogP contribution in [-0.4, -0.2) is 7.05 Å². The first kappa shape index (κ1) is 7.14. The molecule has 0 amide bonds. The van der Waals surface area contributed by atoms with E-state index in [0.717, 1.165) is 12.1 Å². The standard InChI is InChI=1S/C5H11N3/c1-3-5(8-6)4-7-2/h4,6-7H,3H2,1-2H3/b5-4-,8-6?. The van der Waals surface area contributed by atoms with Crippen LogP contribution in [-0.2, 0) is 0 Å². The largest absolute Gasteiger partial charge is 0.392 e. The fourth-order valence-corrected chi connectivity index (χ4v) is 0.380. The molecule has 0 aromatic carbocycles. The van der Waals surface area contributed by atoms with Crippen LogP contribution < -0.4 is 5.32 Å². The van der Waals surface area contributed by atoms with Crippen LogP contribution in [0, 0.1) is 5.53 Å². The Labute approximate surface area is 49.3 Å². The highest BCUT2D eigenvalue weighted by molar-refractivity contribution is 4.94. The van der Waals surface area contributed by atoms with Gasteiger partial charge in [-0.2, -0.15) is 5.11 Å². The van der Waals surface area contributed by atoms with E-state index < -0.39 is 0 Å². The minimum Gasteiger partial charge on any atom is -0.392 e. The fourth-order valence-electron chi connectivity index (χ4n) is 0.380. The van der Waals surface area contributed by atoms with Crippen LogP contribution in [0.15, 0.2) is 17.0 Å². The molecule has 3 heteroatoms. The molecule has 0 aromatic heterocycles. The van der Waals surface area contributed by atoms with Gasteiger partial charge in [-0.15, -0.1) is 0 Å². The lowest BCUT2D eigenvalue weighted by atomic mass is 10.4. The quantitative estimate of drug-likeness (QED) is 0.535. The van der Waals surface area contributed by atoms with E-state index >= 15 is 0 Å². The van der Waals surface area contributed by atoms with Crippen LogP contribution in [0.5, 0.6) is 0 Å². The van der Waals surface area contributed by atoms with E-state index in [1.165, 1.54) is 0 Å². The maximum Gasteiger partial charge on any atom is 0.0776 e. The molecule has 0 aliphatic rings. The van der Waals surface area contributed by atoms with Gasteiger partial charge in [0, 0.05) is 13.2 Å². The first-order valence-electron chi connectivity index (χ1n) is 2.59. The third-order valence-corrected chi connectivity index (χ3v) is 0.817. The normalized spacial score (nSPS) is 11.0. The third kappa shape index (κ3) is 2.34. The van der Waals surface area contributed by atoms with Crippen LogP contribution in [0.3, 0.4) is 0 Å². The minimum absolute atomic E-state index is 0.771. The number of hydrogen-bond donors (Lipinski definition) is 2. The summed E-state index contributed by atoms with van der Waals surface area (Å²) < 4.78 is 0. The molecule has 3 nitrogen and oxygen atoms in total. The summed E-state index contributed by atoms with van der Waals surface area (Å²) in [6.45, 7) is 1.96. The molecule has 2 N–H and O–H groups in total. The van der Waals surface area contributed by atoms with E-state index in [1.807, 2.05) is 6.92 Å². The Morgan fingerprint density at radius 2 is 2.50 bits per heavy atom. The summed E-state index contributed by atoms with van der Waals surface area (Å²) in [5.74, 6) is 0. The number of allylic oxidation sites excluding steroid dienone is 1. The maximum absolute atomic E-state index is 6.58. The van der Waals surface area contributed by atoms with Crippen molar-refractivity contribution < 1.29 is 0 Å². The summed E-state index contributed by atoms with van der Waals surface area (Å²) in [6.07, 6.45) is 2.53. The van der Waals surface area contributed by atoms with Crippen LogP contribution in [0.25, 0.3) is 0 Å².